The van der Waals surface area contributed by atoms with E-state index in [-0.39, 0.29) is 5.82 Å². The van der Waals surface area contributed by atoms with E-state index < -0.39 is 6.10 Å². The van der Waals surface area contributed by atoms with E-state index >= 15 is 0 Å². The van der Waals surface area contributed by atoms with E-state index in [0.717, 1.165) is 11.3 Å². The molecule has 0 heterocycles. The van der Waals surface area contributed by atoms with Gasteiger partial charge >= 0.3 is 0 Å². The van der Waals surface area contributed by atoms with Gasteiger partial charge in [0.2, 0.25) is 0 Å². The monoisotopic (exact) mass is 246 g/mol. The maximum absolute atomic E-state index is 13.1. The van der Waals surface area contributed by atoms with Crippen LogP contribution in [0.3, 0.4) is 0 Å². The number of ether oxygens (including phenoxy) is 1. The van der Waals surface area contributed by atoms with Gasteiger partial charge in [-0.3, -0.25) is 0 Å². The summed E-state index contributed by atoms with van der Waals surface area (Å²) in [6.07, 6.45) is -0.284. The summed E-state index contributed by atoms with van der Waals surface area (Å²) >= 11 is 0. The number of hydrogen-bond acceptors (Lipinski definition) is 2. The van der Waals surface area contributed by atoms with E-state index in [9.17, 15) is 9.50 Å². The number of rotatable bonds is 4. The first-order chi connectivity index (χ1) is 8.69. The van der Waals surface area contributed by atoms with E-state index in [1.807, 2.05) is 24.3 Å². The Morgan fingerprint density at radius 2 is 1.94 bits per heavy atom. The molecule has 0 spiro atoms. The number of halogens is 1. The maximum atomic E-state index is 13.1. The standard InChI is InChI=1S/C15H15FO2/c1-18-14-7-2-4-11(8-14)9-15(17)12-5-3-6-13(16)10-12/h2-8,10,15,17H,9H2,1H3. The molecular formula is C15H15FO2. The third-order valence-corrected chi connectivity index (χ3v) is 2.80. The van der Waals surface area contributed by atoms with Gasteiger partial charge in [-0.15, -0.1) is 0 Å². The van der Waals surface area contributed by atoms with Crippen LogP contribution >= 0.6 is 0 Å². The Morgan fingerprint density at radius 3 is 2.67 bits per heavy atom. The normalized spacial score (nSPS) is 12.2. The average molecular weight is 246 g/mol. The van der Waals surface area contributed by atoms with Crippen LogP contribution in [0.15, 0.2) is 48.5 Å². The predicted molar refractivity (Wildman–Crippen MR) is 68.1 cm³/mol. The molecule has 0 fully saturated rings. The highest BCUT2D eigenvalue weighted by atomic mass is 19.1. The second-order valence-electron chi connectivity index (χ2n) is 4.13. The van der Waals surface area contributed by atoms with E-state index in [1.54, 1.807) is 19.2 Å². The molecular weight excluding hydrogens is 231 g/mol. The molecule has 1 atom stereocenters. The molecule has 0 aromatic heterocycles. The van der Waals surface area contributed by atoms with Crippen molar-refractivity contribution in [3.05, 3.63) is 65.5 Å². The largest absolute Gasteiger partial charge is 0.497 e. The SMILES string of the molecule is COc1cccc(CC(O)c2cccc(F)c2)c1. The van der Waals surface area contributed by atoms with Crippen molar-refractivity contribution in [2.45, 2.75) is 12.5 Å². The first-order valence-electron chi connectivity index (χ1n) is 5.75. The van der Waals surface area contributed by atoms with Gasteiger partial charge in [-0.25, -0.2) is 4.39 Å². The first kappa shape index (κ1) is 12.6. The van der Waals surface area contributed by atoms with Crippen LogP contribution in [0, 0.1) is 5.82 Å². The zero-order valence-corrected chi connectivity index (χ0v) is 10.1. The van der Waals surface area contributed by atoms with Crippen LogP contribution in [0.25, 0.3) is 0 Å². The minimum atomic E-state index is -0.715. The third kappa shape index (κ3) is 3.08. The summed E-state index contributed by atoms with van der Waals surface area (Å²) in [7, 11) is 1.60. The van der Waals surface area contributed by atoms with Crippen LogP contribution in [0.2, 0.25) is 0 Å². The fraction of sp³-hybridized carbons (Fsp3) is 0.200. The first-order valence-corrected chi connectivity index (χ1v) is 5.75. The zero-order valence-electron chi connectivity index (χ0n) is 10.1. The van der Waals surface area contributed by atoms with Crippen molar-refractivity contribution in [3.8, 4) is 5.75 Å². The highest BCUT2D eigenvalue weighted by Crippen LogP contribution is 2.21. The highest BCUT2D eigenvalue weighted by Gasteiger charge is 2.09. The van der Waals surface area contributed by atoms with Gasteiger partial charge in [0.05, 0.1) is 13.2 Å². The summed E-state index contributed by atoms with van der Waals surface area (Å²) in [5.74, 6) is 0.413. The highest BCUT2D eigenvalue weighted by molar-refractivity contribution is 5.30. The lowest BCUT2D eigenvalue weighted by Crippen LogP contribution is -2.02. The van der Waals surface area contributed by atoms with Gasteiger partial charge in [-0.05, 0) is 35.4 Å². The Morgan fingerprint density at radius 1 is 1.17 bits per heavy atom. The van der Waals surface area contributed by atoms with Gasteiger partial charge in [-0.2, -0.15) is 0 Å². The van der Waals surface area contributed by atoms with Crippen LogP contribution in [0.5, 0.6) is 5.75 Å². The molecule has 0 aliphatic rings. The average Bonchev–Trinajstić information content (AvgIpc) is 2.39. The Bertz CT molecular complexity index is 525. The van der Waals surface area contributed by atoms with Crippen LogP contribution in [0.1, 0.15) is 17.2 Å². The molecule has 1 N–H and O–H groups in total. The Balaban J connectivity index is 2.13. The summed E-state index contributed by atoms with van der Waals surface area (Å²) in [4.78, 5) is 0. The molecule has 0 amide bonds. The molecule has 2 rings (SSSR count). The van der Waals surface area contributed by atoms with Gasteiger partial charge < -0.3 is 9.84 Å². The number of hydrogen-bond donors (Lipinski definition) is 1. The number of methoxy groups -OCH3 is 1. The molecule has 0 saturated carbocycles. The molecule has 2 aromatic carbocycles. The van der Waals surface area contributed by atoms with Gasteiger partial charge in [0.15, 0.2) is 0 Å². The van der Waals surface area contributed by atoms with Crippen LogP contribution < -0.4 is 4.74 Å². The van der Waals surface area contributed by atoms with E-state index in [2.05, 4.69) is 0 Å². The molecule has 94 valence electrons. The Labute approximate surface area is 106 Å². The second-order valence-corrected chi connectivity index (χ2v) is 4.13. The summed E-state index contributed by atoms with van der Waals surface area (Å²) in [5.41, 5.74) is 1.53. The summed E-state index contributed by atoms with van der Waals surface area (Å²) < 4.78 is 18.2. The number of benzene rings is 2. The molecule has 2 aromatic rings. The molecule has 0 aliphatic carbocycles. The fourth-order valence-corrected chi connectivity index (χ4v) is 1.85. The molecule has 2 nitrogen and oxygen atoms in total. The van der Waals surface area contributed by atoms with E-state index in [1.165, 1.54) is 12.1 Å². The van der Waals surface area contributed by atoms with Gasteiger partial charge in [0.1, 0.15) is 11.6 Å². The van der Waals surface area contributed by atoms with Crippen molar-refractivity contribution in [2.75, 3.05) is 7.11 Å². The lowest BCUT2D eigenvalue weighted by molar-refractivity contribution is 0.178. The van der Waals surface area contributed by atoms with Crippen molar-refractivity contribution in [2.24, 2.45) is 0 Å². The van der Waals surface area contributed by atoms with Crippen LogP contribution in [-0.4, -0.2) is 12.2 Å². The molecule has 0 aliphatic heterocycles. The minimum absolute atomic E-state index is 0.336. The van der Waals surface area contributed by atoms with Crippen molar-refractivity contribution in [1.29, 1.82) is 0 Å². The van der Waals surface area contributed by atoms with Crippen molar-refractivity contribution < 1.29 is 14.2 Å². The number of aliphatic hydroxyl groups excluding tert-OH is 1. The van der Waals surface area contributed by atoms with Crippen LogP contribution in [-0.2, 0) is 6.42 Å². The molecule has 18 heavy (non-hydrogen) atoms. The summed E-state index contributed by atoms with van der Waals surface area (Å²) in [6, 6.07) is 13.5. The Kier molecular flexibility index (Phi) is 3.95. The van der Waals surface area contributed by atoms with Crippen molar-refractivity contribution in [3.63, 3.8) is 0 Å². The van der Waals surface area contributed by atoms with Gasteiger partial charge in [-0.1, -0.05) is 24.3 Å². The Hall–Kier alpha value is -1.87. The molecule has 1 unspecified atom stereocenters. The number of aliphatic hydroxyl groups is 1. The van der Waals surface area contributed by atoms with Gasteiger partial charge in [0.25, 0.3) is 0 Å². The summed E-state index contributed by atoms with van der Waals surface area (Å²) in [5, 5.41) is 10.1. The zero-order chi connectivity index (χ0) is 13.0. The van der Waals surface area contributed by atoms with Gasteiger partial charge in [0, 0.05) is 6.42 Å². The van der Waals surface area contributed by atoms with Crippen molar-refractivity contribution >= 4 is 0 Å². The molecule has 0 bridgehead atoms. The summed E-state index contributed by atoms with van der Waals surface area (Å²) in [6.45, 7) is 0. The predicted octanol–water partition coefficient (Wildman–Crippen LogP) is 3.11. The minimum Gasteiger partial charge on any atom is -0.497 e. The molecule has 3 heteroatoms. The lowest BCUT2D eigenvalue weighted by atomic mass is 10.0. The molecule has 0 saturated heterocycles. The smallest absolute Gasteiger partial charge is 0.123 e. The lowest BCUT2D eigenvalue weighted by Gasteiger charge is -2.12. The maximum Gasteiger partial charge on any atom is 0.123 e. The third-order valence-electron chi connectivity index (χ3n) is 2.80. The quantitative estimate of drug-likeness (QED) is 0.898. The second kappa shape index (κ2) is 5.65. The van der Waals surface area contributed by atoms with E-state index in [4.69, 9.17) is 4.74 Å². The topological polar surface area (TPSA) is 29.5 Å². The van der Waals surface area contributed by atoms with Crippen LogP contribution in [0.4, 0.5) is 4.39 Å². The van der Waals surface area contributed by atoms with Crippen molar-refractivity contribution in [1.82, 2.24) is 0 Å². The fourth-order valence-electron chi connectivity index (χ4n) is 1.85. The van der Waals surface area contributed by atoms with E-state index in [0.29, 0.717) is 12.0 Å². The molecule has 0 radical (unpaired) electrons.